The molecule has 0 saturated carbocycles. The molecule has 0 unspecified atom stereocenters. The van der Waals surface area contributed by atoms with E-state index in [4.69, 9.17) is 5.41 Å². The second-order valence-electron chi connectivity index (χ2n) is 5.81. The van der Waals surface area contributed by atoms with E-state index in [1.54, 1.807) is 24.1 Å². The number of hydrogen-bond donors (Lipinski definition) is 4. The zero-order valence-electron chi connectivity index (χ0n) is 14.2. The lowest BCUT2D eigenvalue weighted by atomic mass is 10.1. The van der Waals surface area contributed by atoms with E-state index in [1.807, 2.05) is 0 Å². The van der Waals surface area contributed by atoms with E-state index in [9.17, 15) is 4.79 Å². The van der Waals surface area contributed by atoms with E-state index >= 15 is 0 Å². The van der Waals surface area contributed by atoms with Gasteiger partial charge in [-0.3, -0.25) is 4.79 Å². The summed E-state index contributed by atoms with van der Waals surface area (Å²) < 4.78 is 1.54. The van der Waals surface area contributed by atoms with Crippen molar-refractivity contribution in [2.45, 2.75) is 12.8 Å². The molecule has 1 aliphatic heterocycles. The van der Waals surface area contributed by atoms with Crippen molar-refractivity contribution in [1.82, 2.24) is 15.1 Å². The van der Waals surface area contributed by atoms with Crippen molar-refractivity contribution in [1.29, 1.82) is 5.41 Å². The molecule has 1 aromatic carbocycles. The molecule has 0 fully saturated rings. The number of fused-ring (bicyclic) bond motifs is 1. The second kappa shape index (κ2) is 7.65. The Bertz CT molecular complexity index is 855. The third-order valence-electron chi connectivity index (χ3n) is 4.07. The van der Waals surface area contributed by atoms with Crippen LogP contribution in [0.3, 0.4) is 0 Å². The van der Waals surface area contributed by atoms with Crippen LogP contribution in [0.15, 0.2) is 41.5 Å². The summed E-state index contributed by atoms with van der Waals surface area (Å²) in [7, 11) is 1.76. The van der Waals surface area contributed by atoms with Gasteiger partial charge in [-0.2, -0.15) is 5.10 Å². The van der Waals surface area contributed by atoms with Gasteiger partial charge in [0.25, 0.3) is 0 Å². The number of aromatic nitrogens is 2. The van der Waals surface area contributed by atoms with E-state index in [1.165, 1.54) is 12.3 Å². The average molecular weight is 338 g/mol. The molecule has 0 amide bonds. The van der Waals surface area contributed by atoms with Gasteiger partial charge in [0.1, 0.15) is 5.69 Å². The minimum Gasteiger partial charge on any atom is -0.392 e. The lowest BCUT2D eigenvalue weighted by Gasteiger charge is -2.20. The topological polar surface area (TPSA) is 94.8 Å². The molecule has 0 spiro atoms. The molecule has 0 aliphatic carbocycles. The van der Waals surface area contributed by atoms with E-state index in [-0.39, 0.29) is 5.43 Å². The number of aryl methyl sites for hydroxylation is 2. The van der Waals surface area contributed by atoms with Gasteiger partial charge in [0.2, 0.25) is 5.43 Å². The minimum absolute atomic E-state index is 0.0808. The number of nitrogens with one attached hydrogen (secondary N) is 4. The van der Waals surface area contributed by atoms with E-state index in [0.29, 0.717) is 17.8 Å². The molecule has 7 nitrogen and oxygen atoms in total. The van der Waals surface area contributed by atoms with Gasteiger partial charge >= 0.3 is 0 Å². The summed E-state index contributed by atoms with van der Waals surface area (Å²) in [4.78, 5) is 12.1. The summed E-state index contributed by atoms with van der Waals surface area (Å²) in [6, 6.07) is 7.75. The molecule has 1 aromatic heterocycles. The lowest BCUT2D eigenvalue weighted by Crippen LogP contribution is -2.20. The molecular formula is C18H22N6O. The predicted octanol–water partition coefficient (Wildman–Crippen LogP) is 1.53. The number of rotatable bonds is 6. The van der Waals surface area contributed by atoms with Gasteiger partial charge in [-0.25, -0.2) is 4.68 Å². The van der Waals surface area contributed by atoms with Gasteiger partial charge in [0.05, 0.1) is 17.1 Å². The van der Waals surface area contributed by atoms with Gasteiger partial charge in [-0.15, -0.1) is 0 Å². The molecule has 25 heavy (non-hydrogen) atoms. The van der Waals surface area contributed by atoms with Crippen molar-refractivity contribution in [3.05, 3.63) is 58.1 Å². The molecule has 2 aromatic rings. The number of nitrogens with zero attached hydrogens (tertiary/aromatic N) is 2. The van der Waals surface area contributed by atoms with Crippen LogP contribution in [0.5, 0.6) is 0 Å². The van der Waals surface area contributed by atoms with Gasteiger partial charge in [-0.1, -0.05) is 6.07 Å². The molecule has 0 atom stereocenters. The summed E-state index contributed by atoms with van der Waals surface area (Å²) in [5.41, 5.74) is 4.35. The maximum absolute atomic E-state index is 12.1. The van der Waals surface area contributed by atoms with Crippen LogP contribution >= 0.6 is 0 Å². The Kier molecular flexibility index (Phi) is 5.13. The van der Waals surface area contributed by atoms with Crippen LogP contribution in [-0.4, -0.2) is 36.1 Å². The first kappa shape index (κ1) is 16.8. The second-order valence-corrected chi connectivity index (χ2v) is 5.81. The summed E-state index contributed by atoms with van der Waals surface area (Å²) >= 11 is 0. The summed E-state index contributed by atoms with van der Waals surface area (Å²) in [6.07, 6.45) is 5.72. The molecule has 0 radical (unpaired) electrons. The average Bonchev–Trinajstić information content (AvgIpc) is 2.65. The van der Waals surface area contributed by atoms with Gasteiger partial charge in [-0.05, 0) is 30.5 Å². The molecule has 4 N–H and O–H groups in total. The molecular weight excluding hydrogens is 316 g/mol. The van der Waals surface area contributed by atoms with Crippen LogP contribution < -0.4 is 21.4 Å². The standard InChI is InChI=1S/C18H22N6O/c1-20-12-14(11-19)24-9-6-18(25)16(23-24)5-3-13-2-4-15-17(10-13)22-8-7-21-15/h2,4,6,9-12,19-22H,3,5,7-8H2,1H3/b14-12+,19-11?. The fourth-order valence-electron chi connectivity index (χ4n) is 2.79. The van der Waals surface area contributed by atoms with Crippen LogP contribution in [0.1, 0.15) is 11.3 Å². The number of benzene rings is 1. The zero-order chi connectivity index (χ0) is 17.6. The zero-order valence-corrected chi connectivity index (χ0v) is 14.2. The van der Waals surface area contributed by atoms with Crippen LogP contribution in [0.25, 0.3) is 5.70 Å². The number of anilines is 2. The molecule has 0 saturated heterocycles. The highest BCUT2D eigenvalue weighted by Crippen LogP contribution is 2.25. The molecule has 2 heterocycles. The predicted molar refractivity (Wildman–Crippen MR) is 101 cm³/mol. The maximum Gasteiger partial charge on any atom is 0.203 e. The third kappa shape index (κ3) is 3.88. The largest absolute Gasteiger partial charge is 0.392 e. The molecule has 3 rings (SSSR count). The smallest absolute Gasteiger partial charge is 0.203 e. The van der Waals surface area contributed by atoms with Crippen LogP contribution in [0.4, 0.5) is 11.4 Å². The van der Waals surface area contributed by atoms with E-state index in [0.717, 1.165) is 36.4 Å². The van der Waals surface area contributed by atoms with Gasteiger partial charge < -0.3 is 21.4 Å². The maximum atomic E-state index is 12.1. The normalized spacial score (nSPS) is 13.4. The van der Waals surface area contributed by atoms with Crippen molar-refractivity contribution in [2.24, 2.45) is 0 Å². The van der Waals surface area contributed by atoms with Crippen LogP contribution in [-0.2, 0) is 12.8 Å². The van der Waals surface area contributed by atoms with Crippen LogP contribution in [0, 0.1) is 5.41 Å². The number of hydrogen-bond acceptors (Lipinski definition) is 6. The lowest BCUT2D eigenvalue weighted by molar-refractivity contribution is 0.779. The van der Waals surface area contributed by atoms with Gasteiger partial charge in [0.15, 0.2) is 0 Å². The Morgan fingerprint density at radius 3 is 2.84 bits per heavy atom. The molecule has 7 heteroatoms. The SMILES string of the molecule is CN/C=C(\C=N)n1ccc(=O)c(CCc2ccc3c(c2)NCCN3)n1. The van der Waals surface area contributed by atoms with Gasteiger partial charge in [0, 0.05) is 44.8 Å². The van der Waals surface area contributed by atoms with Crippen molar-refractivity contribution >= 4 is 23.3 Å². The fourth-order valence-corrected chi connectivity index (χ4v) is 2.79. The van der Waals surface area contributed by atoms with Crippen molar-refractivity contribution in [2.75, 3.05) is 30.8 Å². The first-order valence-electron chi connectivity index (χ1n) is 8.29. The summed E-state index contributed by atoms with van der Waals surface area (Å²) in [6.45, 7) is 1.83. The minimum atomic E-state index is -0.0808. The highest BCUT2D eigenvalue weighted by atomic mass is 16.1. The van der Waals surface area contributed by atoms with Crippen molar-refractivity contribution in [3.8, 4) is 0 Å². The van der Waals surface area contributed by atoms with E-state index in [2.05, 4.69) is 39.2 Å². The number of allylic oxidation sites excluding steroid dienone is 1. The Morgan fingerprint density at radius 1 is 1.28 bits per heavy atom. The first-order chi connectivity index (χ1) is 12.2. The van der Waals surface area contributed by atoms with Crippen LogP contribution in [0.2, 0.25) is 0 Å². The summed E-state index contributed by atoms with van der Waals surface area (Å²) in [5.74, 6) is 0. The highest BCUT2D eigenvalue weighted by molar-refractivity contribution is 5.99. The summed E-state index contributed by atoms with van der Waals surface area (Å²) in [5, 5.41) is 21.4. The van der Waals surface area contributed by atoms with E-state index < -0.39 is 0 Å². The van der Waals surface area contributed by atoms with Crippen molar-refractivity contribution < 1.29 is 0 Å². The molecule has 0 bridgehead atoms. The first-order valence-corrected chi connectivity index (χ1v) is 8.29. The monoisotopic (exact) mass is 338 g/mol. The Hall–Kier alpha value is -3.09. The molecule has 130 valence electrons. The molecule has 1 aliphatic rings. The fraction of sp³-hybridized carbons (Fsp3) is 0.278. The third-order valence-corrected chi connectivity index (χ3v) is 4.07. The Labute approximate surface area is 146 Å². The Balaban J connectivity index is 1.78. The van der Waals surface area contributed by atoms with Crippen molar-refractivity contribution in [3.63, 3.8) is 0 Å². The quantitative estimate of drug-likeness (QED) is 0.599. The highest BCUT2D eigenvalue weighted by Gasteiger charge is 2.09. The Morgan fingerprint density at radius 2 is 2.08 bits per heavy atom.